The normalized spacial score (nSPS) is 10.6. The minimum absolute atomic E-state index is 0.0432. The van der Waals surface area contributed by atoms with Crippen molar-refractivity contribution in [3.63, 3.8) is 0 Å². The van der Waals surface area contributed by atoms with Gasteiger partial charge in [-0.15, -0.1) is 0 Å². The first kappa shape index (κ1) is 16.1. The van der Waals surface area contributed by atoms with Crippen molar-refractivity contribution in [3.8, 4) is 22.8 Å². The zero-order valence-corrected chi connectivity index (χ0v) is 13.6. The Balaban J connectivity index is 1.93. The molecule has 0 aliphatic carbocycles. The van der Waals surface area contributed by atoms with E-state index in [1.165, 1.54) is 18.3 Å². The lowest BCUT2D eigenvalue weighted by molar-refractivity contribution is 0.407. The zero-order chi connectivity index (χ0) is 17.3. The summed E-state index contributed by atoms with van der Waals surface area (Å²) >= 11 is 3.18. The molecule has 0 bridgehead atoms. The van der Waals surface area contributed by atoms with E-state index in [9.17, 15) is 19.0 Å². The number of aromatic hydroxyl groups is 2. The number of aromatic nitrogens is 2. The number of benzene rings is 2. The molecule has 0 fully saturated rings. The molecular formula is C16H10BrF2N3O2. The van der Waals surface area contributed by atoms with Crippen LogP contribution in [0.4, 0.5) is 20.4 Å². The number of hydrogen-bond donors (Lipinski definition) is 3. The van der Waals surface area contributed by atoms with E-state index in [-0.39, 0.29) is 17.3 Å². The molecule has 0 aliphatic rings. The van der Waals surface area contributed by atoms with E-state index in [4.69, 9.17) is 0 Å². The van der Waals surface area contributed by atoms with Crippen LogP contribution in [-0.2, 0) is 0 Å². The molecule has 24 heavy (non-hydrogen) atoms. The van der Waals surface area contributed by atoms with E-state index < -0.39 is 17.4 Å². The second kappa shape index (κ2) is 6.40. The Hall–Kier alpha value is -2.74. The molecule has 1 aromatic heterocycles. The van der Waals surface area contributed by atoms with E-state index in [0.717, 1.165) is 12.1 Å². The number of anilines is 2. The molecule has 3 rings (SSSR count). The van der Waals surface area contributed by atoms with Crippen LogP contribution in [0.3, 0.4) is 0 Å². The molecule has 0 amide bonds. The van der Waals surface area contributed by atoms with Gasteiger partial charge in [-0.25, -0.2) is 14.4 Å². The van der Waals surface area contributed by atoms with Crippen LogP contribution in [0.2, 0.25) is 0 Å². The minimum atomic E-state index is -1.31. The summed E-state index contributed by atoms with van der Waals surface area (Å²) in [4.78, 5) is 8.22. The van der Waals surface area contributed by atoms with Crippen LogP contribution in [0, 0.1) is 11.6 Å². The fourth-order valence-corrected chi connectivity index (χ4v) is 2.27. The summed E-state index contributed by atoms with van der Waals surface area (Å²) in [5.41, 5.74) is 1.04. The van der Waals surface area contributed by atoms with Gasteiger partial charge in [0.25, 0.3) is 0 Å². The largest absolute Gasteiger partial charge is 0.507 e. The average molecular weight is 394 g/mol. The molecule has 0 saturated carbocycles. The molecule has 3 aromatic rings. The van der Waals surface area contributed by atoms with E-state index in [1.54, 1.807) is 12.1 Å². The third kappa shape index (κ3) is 3.28. The predicted molar refractivity (Wildman–Crippen MR) is 88.1 cm³/mol. The van der Waals surface area contributed by atoms with Gasteiger partial charge in [-0.05, 0) is 46.3 Å². The topological polar surface area (TPSA) is 78.3 Å². The van der Waals surface area contributed by atoms with Gasteiger partial charge in [0.1, 0.15) is 5.75 Å². The minimum Gasteiger partial charge on any atom is -0.507 e. The van der Waals surface area contributed by atoms with Crippen molar-refractivity contribution < 1.29 is 19.0 Å². The number of nitrogens with zero attached hydrogens (tertiary/aromatic N) is 2. The highest BCUT2D eigenvalue weighted by Gasteiger charge is 2.12. The second-order valence-corrected chi connectivity index (χ2v) is 5.70. The van der Waals surface area contributed by atoms with Crippen LogP contribution in [0.15, 0.2) is 47.1 Å². The Morgan fingerprint density at radius 2 is 1.79 bits per heavy atom. The molecule has 0 radical (unpaired) electrons. The molecule has 5 nitrogen and oxygen atoms in total. The van der Waals surface area contributed by atoms with Gasteiger partial charge in [-0.3, -0.25) is 0 Å². The quantitative estimate of drug-likeness (QED) is 0.616. The van der Waals surface area contributed by atoms with Crippen molar-refractivity contribution in [1.29, 1.82) is 0 Å². The Labute approximate surface area is 143 Å². The molecule has 0 atom stereocenters. The molecule has 122 valence electrons. The number of phenolic OH excluding ortho intramolecular Hbond substituents is 2. The van der Waals surface area contributed by atoms with Gasteiger partial charge in [0, 0.05) is 23.5 Å². The molecule has 0 saturated heterocycles. The molecule has 0 unspecified atom stereocenters. The Bertz CT molecular complexity index is 899. The maximum absolute atomic E-state index is 13.4. The molecule has 2 aromatic carbocycles. The highest BCUT2D eigenvalue weighted by molar-refractivity contribution is 9.10. The molecule has 1 heterocycles. The monoisotopic (exact) mass is 393 g/mol. The molecule has 3 N–H and O–H groups in total. The third-order valence-electron chi connectivity index (χ3n) is 3.16. The van der Waals surface area contributed by atoms with E-state index in [2.05, 4.69) is 31.2 Å². The van der Waals surface area contributed by atoms with Crippen LogP contribution >= 0.6 is 15.9 Å². The first-order valence-corrected chi connectivity index (χ1v) is 7.50. The number of hydrogen-bond acceptors (Lipinski definition) is 5. The summed E-state index contributed by atoms with van der Waals surface area (Å²) in [6.45, 7) is 0. The van der Waals surface area contributed by atoms with Crippen molar-refractivity contribution in [2.24, 2.45) is 0 Å². The maximum atomic E-state index is 13.4. The number of nitrogens with one attached hydrogen (secondary N) is 1. The highest BCUT2D eigenvalue weighted by atomic mass is 79.9. The first-order valence-electron chi connectivity index (χ1n) is 6.71. The summed E-state index contributed by atoms with van der Waals surface area (Å²) < 4.78 is 27.1. The molecule has 8 heteroatoms. The summed E-state index contributed by atoms with van der Waals surface area (Å²) in [5.74, 6) is -3.04. The number of halogens is 3. The summed E-state index contributed by atoms with van der Waals surface area (Å²) in [6, 6.07) is 8.33. The van der Waals surface area contributed by atoms with E-state index in [1.807, 2.05) is 0 Å². The van der Waals surface area contributed by atoms with Crippen LogP contribution < -0.4 is 5.32 Å². The van der Waals surface area contributed by atoms with Gasteiger partial charge in [-0.2, -0.15) is 4.39 Å². The smallest absolute Gasteiger partial charge is 0.227 e. The van der Waals surface area contributed by atoms with Crippen LogP contribution in [0.25, 0.3) is 11.3 Å². The molecular weight excluding hydrogens is 384 g/mol. The van der Waals surface area contributed by atoms with E-state index >= 15 is 0 Å². The zero-order valence-electron chi connectivity index (χ0n) is 12.0. The fourth-order valence-electron chi connectivity index (χ4n) is 2.02. The third-order valence-corrected chi connectivity index (χ3v) is 3.83. The van der Waals surface area contributed by atoms with Crippen molar-refractivity contribution in [2.75, 3.05) is 5.32 Å². The van der Waals surface area contributed by atoms with Crippen LogP contribution in [-0.4, -0.2) is 20.2 Å². The standard InChI is InChI=1S/C16H10BrF2N3O2/c17-10-2-1-9(7-13(10)23)21-16-20-4-3-12(22-16)8-5-11(18)15(19)14(24)6-8/h1-7,23-24H,(H,20,21,22). The maximum Gasteiger partial charge on any atom is 0.227 e. The lowest BCUT2D eigenvalue weighted by Gasteiger charge is -2.08. The van der Waals surface area contributed by atoms with Crippen molar-refractivity contribution >= 4 is 27.6 Å². The van der Waals surface area contributed by atoms with Crippen LogP contribution in [0.1, 0.15) is 0 Å². The summed E-state index contributed by atoms with van der Waals surface area (Å²) in [5, 5.41) is 22.0. The summed E-state index contributed by atoms with van der Waals surface area (Å²) in [6.07, 6.45) is 1.43. The Morgan fingerprint density at radius 1 is 1.00 bits per heavy atom. The average Bonchev–Trinajstić information content (AvgIpc) is 2.56. The van der Waals surface area contributed by atoms with Gasteiger partial charge in [0.15, 0.2) is 17.4 Å². The second-order valence-electron chi connectivity index (χ2n) is 4.85. The predicted octanol–water partition coefficient (Wildman–Crippen LogP) is 4.34. The van der Waals surface area contributed by atoms with Gasteiger partial charge in [0.2, 0.25) is 5.95 Å². The van der Waals surface area contributed by atoms with E-state index in [0.29, 0.717) is 15.9 Å². The molecule has 0 spiro atoms. The van der Waals surface area contributed by atoms with Crippen molar-refractivity contribution in [2.45, 2.75) is 0 Å². The summed E-state index contributed by atoms with van der Waals surface area (Å²) in [7, 11) is 0. The highest BCUT2D eigenvalue weighted by Crippen LogP contribution is 2.29. The fraction of sp³-hybridized carbons (Fsp3) is 0. The first-order chi connectivity index (χ1) is 11.4. The Morgan fingerprint density at radius 3 is 2.50 bits per heavy atom. The lowest BCUT2D eigenvalue weighted by Crippen LogP contribution is -1.98. The van der Waals surface area contributed by atoms with Gasteiger partial charge in [0.05, 0.1) is 10.2 Å². The SMILES string of the molecule is Oc1cc(Nc2nccc(-c3cc(O)c(F)c(F)c3)n2)ccc1Br. The van der Waals surface area contributed by atoms with Gasteiger partial charge >= 0.3 is 0 Å². The van der Waals surface area contributed by atoms with Gasteiger partial charge in [-0.1, -0.05) is 0 Å². The van der Waals surface area contributed by atoms with Gasteiger partial charge < -0.3 is 15.5 Å². The van der Waals surface area contributed by atoms with Crippen molar-refractivity contribution in [3.05, 3.63) is 58.7 Å². The van der Waals surface area contributed by atoms with Crippen molar-refractivity contribution in [1.82, 2.24) is 9.97 Å². The lowest BCUT2D eigenvalue weighted by atomic mass is 10.1. The van der Waals surface area contributed by atoms with Crippen LogP contribution in [0.5, 0.6) is 11.5 Å². The number of phenols is 2. The number of rotatable bonds is 3. The molecule has 0 aliphatic heterocycles. The Kier molecular flexibility index (Phi) is 4.30.